The summed E-state index contributed by atoms with van der Waals surface area (Å²) in [6.45, 7) is 3.93. The van der Waals surface area contributed by atoms with E-state index in [9.17, 15) is 8.42 Å². The lowest BCUT2D eigenvalue weighted by atomic mass is 10.1. The van der Waals surface area contributed by atoms with Crippen LogP contribution < -0.4 is 0 Å². The first-order chi connectivity index (χ1) is 5.52. The minimum atomic E-state index is -3.80. The summed E-state index contributed by atoms with van der Waals surface area (Å²) < 4.78 is 30.4. The van der Waals surface area contributed by atoms with Crippen LogP contribution in [0.3, 0.4) is 0 Å². The van der Waals surface area contributed by atoms with Crippen molar-refractivity contribution in [2.75, 3.05) is 0 Å². The van der Waals surface area contributed by atoms with Gasteiger partial charge in [-0.15, -0.1) is 0 Å². The highest BCUT2D eigenvalue weighted by Crippen LogP contribution is 2.14. The van der Waals surface area contributed by atoms with Gasteiger partial charge in [-0.3, -0.25) is 4.55 Å². The van der Waals surface area contributed by atoms with Gasteiger partial charge in [-0.25, -0.2) is 0 Å². The zero-order valence-corrected chi connectivity index (χ0v) is 8.60. The van der Waals surface area contributed by atoms with E-state index in [4.69, 9.17) is 4.55 Å². The SMILES string of the molecule is CCCCC(CCC)S(=O)(=O)O. The normalized spacial score (nSPS) is 14.6. The summed E-state index contributed by atoms with van der Waals surface area (Å²) in [6, 6.07) is 0. The Morgan fingerprint density at radius 2 is 1.75 bits per heavy atom. The average molecular weight is 194 g/mol. The smallest absolute Gasteiger partial charge is 0.267 e. The van der Waals surface area contributed by atoms with Gasteiger partial charge in [0.1, 0.15) is 0 Å². The molecule has 0 aliphatic carbocycles. The van der Waals surface area contributed by atoms with Crippen molar-refractivity contribution in [2.24, 2.45) is 0 Å². The van der Waals surface area contributed by atoms with Crippen molar-refractivity contribution < 1.29 is 13.0 Å². The Balaban J connectivity index is 4.05. The largest absolute Gasteiger partial charge is 0.285 e. The lowest BCUT2D eigenvalue weighted by molar-refractivity contribution is 0.451. The van der Waals surface area contributed by atoms with Crippen molar-refractivity contribution in [1.29, 1.82) is 0 Å². The lowest BCUT2D eigenvalue weighted by Crippen LogP contribution is -2.20. The van der Waals surface area contributed by atoms with Gasteiger partial charge in [0.25, 0.3) is 10.1 Å². The quantitative estimate of drug-likeness (QED) is 0.660. The Hall–Kier alpha value is -0.0900. The van der Waals surface area contributed by atoms with Crippen LogP contribution in [-0.4, -0.2) is 18.2 Å². The lowest BCUT2D eigenvalue weighted by Gasteiger charge is -2.11. The molecule has 3 nitrogen and oxygen atoms in total. The summed E-state index contributed by atoms with van der Waals surface area (Å²) >= 11 is 0. The van der Waals surface area contributed by atoms with Gasteiger partial charge in [0, 0.05) is 0 Å². The van der Waals surface area contributed by atoms with Gasteiger partial charge in [0.2, 0.25) is 0 Å². The Morgan fingerprint density at radius 1 is 1.17 bits per heavy atom. The molecule has 0 radical (unpaired) electrons. The van der Waals surface area contributed by atoms with Gasteiger partial charge in [-0.1, -0.05) is 33.1 Å². The van der Waals surface area contributed by atoms with Gasteiger partial charge < -0.3 is 0 Å². The molecule has 0 heterocycles. The maximum Gasteiger partial charge on any atom is 0.267 e. The number of rotatable bonds is 6. The minimum absolute atomic E-state index is 0.539. The predicted octanol–water partition coefficient (Wildman–Crippen LogP) is 2.23. The van der Waals surface area contributed by atoms with Gasteiger partial charge in [0.05, 0.1) is 5.25 Å². The molecule has 74 valence electrons. The first kappa shape index (κ1) is 11.9. The van der Waals surface area contributed by atoms with Crippen LogP contribution in [0.5, 0.6) is 0 Å². The first-order valence-electron chi connectivity index (χ1n) is 4.48. The third-order valence-corrected chi connectivity index (χ3v) is 3.23. The predicted molar refractivity (Wildman–Crippen MR) is 49.8 cm³/mol. The van der Waals surface area contributed by atoms with Gasteiger partial charge >= 0.3 is 0 Å². The van der Waals surface area contributed by atoms with Gasteiger partial charge in [-0.05, 0) is 12.8 Å². The molecule has 0 aromatic rings. The molecule has 0 spiro atoms. The minimum Gasteiger partial charge on any atom is -0.285 e. The summed E-state index contributed by atoms with van der Waals surface area (Å²) in [5.41, 5.74) is 0. The molecule has 0 fully saturated rings. The van der Waals surface area contributed by atoms with Crippen molar-refractivity contribution in [3.05, 3.63) is 0 Å². The van der Waals surface area contributed by atoms with Crippen molar-refractivity contribution in [2.45, 2.75) is 51.2 Å². The van der Waals surface area contributed by atoms with Gasteiger partial charge in [0.15, 0.2) is 0 Å². The summed E-state index contributed by atoms with van der Waals surface area (Å²) in [5, 5.41) is -0.539. The molecule has 0 amide bonds. The number of unbranched alkanes of at least 4 members (excludes halogenated alkanes) is 1. The number of hydrogen-bond acceptors (Lipinski definition) is 2. The molecule has 0 saturated carbocycles. The van der Waals surface area contributed by atoms with Crippen molar-refractivity contribution >= 4 is 10.1 Å². The zero-order valence-electron chi connectivity index (χ0n) is 7.78. The van der Waals surface area contributed by atoms with E-state index < -0.39 is 15.4 Å². The van der Waals surface area contributed by atoms with E-state index in [-0.39, 0.29) is 0 Å². The zero-order chi connectivity index (χ0) is 9.61. The van der Waals surface area contributed by atoms with Crippen molar-refractivity contribution in [1.82, 2.24) is 0 Å². The molecule has 1 unspecified atom stereocenters. The Labute approximate surface area is 74.9 Å². The van der Waals surface area contributed by atoms with Crippen molar-refractivity contribution in [3.8, 4) is 0 Å². The molecule has 4 heteroatoms. The van der Waals surface area contributed by atoms with Crippen LogP contribution in [0.4, 0.5) is 0 Å². The Morgan fingerprint density at radius 3 is 2.08 bits per heavy atom. The van der Waals surface area contributed by atoms with E-state index >= 15 is 0 Å². The third kappa shape index (κ3) is 4.72. The summed E-state index contributed by atoms with van der Waals surface area (Å²) in [6.07, 6.45) is 3.79. The highest BCUT2D eigenvalue weighted by Gasteiger charge is 2.20. The summed E-state index contributed by atoms with van der Waals surface area (Å²) in [4.78, 5) is 0. The number of hydrogen-bond donors (Lipinski definition) is 1. The van der Waals surface area contributed by atoms with E-state index in [0.29, 0.717) is 12.8 Å². The van der Waals surface area contributed by atoms with E-state index in [1.54, 1.807) is 0 Å². The van der Waals surface area contributed by atoms with E-state index in [1.165, 1.54) is 0 Å². The molecule has 1 N–H and O–H groups in total. The van der Waals surface area contributed by atoms with Crippen LogP contribution in [0.25, 0.3) is 0 Å². The molecule has 0 aliphatic heterocycles. The fourth-order valence-corrected chi connectivity index (χ4v) is 2.19. The second-order valence-electron chi connectivity index (χ2n) is 3.07. The molecule has 0 aliphatic rings. The molecule has 12 heavy (non-hydrogen) atoms. The van der Waals surface area contributed by atoms with E-state index in [0.717, 1.165) is 19.3 Å². The van der Waals surface area contributed by atoms with Crippen molar-refractivity contribution in [3.63, 3.8) is 0 Å². The van der Waals surface area contributed by atoms with Crippen LogP contribution in [0.15, 0.2) is 0 Å². The highest BCUT2D eigenvalue weighted by molar-refractivity contribution is 7.86. The van der Waals surface area contributed by atoms with Crippen LogP contribution in [0.2, 0.25) is 0 Å². The standard InChI is InChI=1S/C8H18O3S/c1-3-5-7-8(6-4-2)12(9,10)11/h8H,3-7H2,1-2H3,(H,9,10,11). The molecule has 1 atom stereocenters. The maximum atomic E-state index is 10.8. The highest BCUT2D eigenvalue weighted by atomic mass is 32.2. The molecular formula is C8H18O3S. The molecule has 0 saturated heterocycles. The maximum absolute atomic E-state index is 10.8. The van der Waals surface area contributed by atoms with Crippen LogP contribution in [0, 0.1) is 0 Å². The first-order valence-corrected chi connectivity index (χ1v) is 5.99. The molecule has 0 bridgehead atoms. The molecule has 0 aromatic carbocycles. The second kappa shape index (κ2) is 5.54. The fourth-order valence-electron chi connectivity index (χ4n) is 1.20. The molecular weight excluding hydrogens is 176 g/mol. The van der Waals surface area contributed by atoms with E-state index in [1.807, 2.05) is 13.8 Å². The summed E-state index contributed by atoms with van der Waals surface area (Å²) in [7, 11) is -3.80. The van der Waals surface area contributed by atoms with Crippen LogP contribution in [0.1, 0.15) is 46.0 Å². The van der Waals surface area contributed by atoms with Crippen LogP contribution in [-0.2, 0) is 10.1 Å². The molecule has 0 rings (SSSR count). The average Bonchev–Trinajstić information content (AvgIpc) is 1.95. The Bertz CT molecular complexity index is 196. The Kier molecular flexibility index (Phi) is 5.50. The monoisotopic (exact) mass is 194 g/mol. The van der Waals surface area contributed by atoms with E-state index in [2.05, 4.69) is 0 Å². The second-order valence-corrected chi connectivity index (χ2v) is 4.76. The summed E-state index contributed by atoms with van der Waals surface area (Å²) in [5.74, 6) is 0. The fraction of sp³-hybridized carbons (Fsp3) is 1.00. The molecule has 0 aromatic heterocycles. The third-order valence-electron chi connectivity index (χ3n) is 1.91. The topological polar surface area (TPSA) is 54.4 Å². The van der Waals surface area contributed by atoms with Gasteiger partial charge in [-0.2, -0.15) is 8.42 Å². The van der Waals surface area contributed by atoms with Crippen LogP contribution >= 0.6 is 0 Å².